The molecule has 2 aromatic heterocycles. The smallest absolute Gasteiger partial charge is 0.305 e. The van der Waals surface area contributed by atoms with Gasteiger partial charge in [-0.2, -0.15) is 5.10 Å². The molecule has 0 radical (unpaired) electrons. The van der Waals surface area contributed by atoms with Crippen molar-refractivity contribution < 1.29 is 9.90 Å². The van der Waals surface area contributed by atoms with Crippen LogP contribution in [-0.4, -0.2) is 38.3 Å². The number of fused-ring (bicyclic) bond motifs is 1. The van der Waals surface area contributed by atoms with Crippen LogP contribution in [-0.2, 0) is 4.79 Å². The van der Waals surface area contributed by atoms with Crippen LogP contribution in [0.4, 0.5) is 5.82 Å². The maximum atomic E-state index is 11.0. The minimum atomic E-state index is -0.751. The van der Waals surface area contributed by atoms with E-state index in [1.165, 1.54) is 0 Å². The maximum absolute atomic E-state index is 11.0. The zero-order valence-electron chi connectivity index (χ0n) is 11.5. The summed E-state index contributed by atoms with van der Waals surface area (Å²) in [6, 6.07) is 2.02. The second-order valence-electron chi connectivity index (χ2n) is 5.31. The summed E-state index contributed by atoms with van der Waals surface area (Å²) >= 11 is 0. The molecule has 6 nitrogen and oxygen atoms in total. The normalized spacial score (nSPS) is 19.4. The molecule has 0 aliphatic carbocycles. The van der Waals surface area contributed by atoms with E-state index in [0.29, 0.717) is 0 Å². The molecule has 3 heterocycles. The number of carboxylic acids is 1. The van der Waals surface area contributed by atoms with Crippen molar-refractivity contribution in [2.45, 2.75) is 38.6 Å². The topological polar surface area (TPSA) is 70.7 Å². The first-order valence-corrected chi connectivity index (χ1v) is 6.94. The molecule has 1 unspecified atom stereocenters. The number of piperidine rings is 1. The number of aromatic nitrogens is 3. The third-order valence-corrected chi connectivity index (χ3v) is 3.80. The summed E-state index contributed by atoms with van der Waals surface area (Å²) in [6.45, 7) is 2.80. The predicted molar refractivity (Wildman–Crippen MR) is 75.0 cm³/mol. The molecule has 0 spiro atoms. The third kappa shape index (κ3) is 2.33. The Balaban J connectivity index is 2.00. The highest BCUT2D eigenvalue weighted by Gasteiger charge is 2.27. The number of aliphatic carboxylic acids is 1. The molecular weight excluding hydrogens is 256 g/mol. The summed E-state index contributed by atoms with van der Waals surface area (Å²) in [5, 5.41) is 13.5. The Kier molecular flexibility index (Phi) is 3.30. The molecule has 0 bridgehead atoms. The van der Waals surface area contributed by atoms with E-state index in [1.54, 1.807) is 6.20 Å². The monoisotopic (exact) mass is 274 g/mol. The van der Waals surface area contributed by atoms with Crippen molar-refractivity contribution in [1.29, 1.82) is 0 Å². The molecule has 0 aromatic carbocycles. The zero-order chi connectivity index (χ0) is 14.1. The number of nitrogens with zero attached hydrogens (tertiary/aromatic N) is 4. The fourth-order valence-electron chi connectivity index (χ4n) is 2.94. The summed E-state index contributed by atoms with van der Waals surface area (Å²) in [5.74, 6) is 0.0950. The largest absolute Gasteiger partial charge is 0.481 e. The first-order valence-electron chi connectivity index (χ1n) is 6.94. The van der Waals surface area contributed by atoms with Gasteiger partial charge in [0.2, 0.25) is 0 Å². The van der Waals surface area contributed by atoms with E-state index in [4.69, 9.17) is 5.11 Å². The standard InChI is InChI=1S/C14H18N4O2/c1-10-8-12-14(15-5-7-18(12)16-10)17-6-3-2-4-11(17)9-13(19)20/h5,7-8,11H,2-4,6,9H2,1H3,(H,19,20). The number of carboxylic acid groups (broad SMARTS) is 1. The summed E-state index contributed by atoms with van der Waals surface area (Å²) in [6.07, 6.45) is 6.77. The van der Waals surface area contributed by atoms with E-state index in [2.05, 4.69) is 15.0 Å². The first kappa shape index (κ1) is 12.9. The molecule has 1 saturated heterocycles. The Morgan fingerprint density at radius 1 is 1.50 bits per heavy atom. The van der Waals surface area contributed by atoms with Gasteiger partial charge in [0.25, 0.3) is 0 Å². The number of hydrogen-bond donors (Lipinski definition) is 1. The van der Waals surface area contributed by atoms with Gasteiger partial charge >= 0.3 is 5.97 Å². The van der Waals surface area contributed by atoms with E-state index in [-0.39, 0.29) is 12.5 Å². The van der Waals surface area contributed by atoms with Crippen molar-refractivity contribution in [2.24, 2.45) is 0 Å². The minimum absolute atomic E-state index is 0.0233. The fraction of sp³-hybridized carbons (Fsp3) is 0.500. The molecule has 2 aromatic rings. The number of rotatable bonds is 3. The van der Waals surface area contributed by atoms with E-state index in [1.807, 2.05) is 23.7 Å². The van der Waals surface area contributed by atoms with Gasteiger partial charge < -0.3 is 10.0 Å². The average Bonchev–Trinajstić information content (AvgIpc) is 2.79. The highest BCUT2D eigenvalue weighted by Crippen LogP contribution is 2.28. The van der Waals surface area contributed by atoms with Gasteiger partial charge in [-0.25, -0.2) is 9.50 Å². The van der Waals surface area contributed by atoms with Crippen molar-refractivity contribution in [3.8, 4) is 0 Å². The molecule has 6 heteroatoms. The molecule has 1 atom stereocenters. The predicted octanol–water partition coefficient (Wildman–Crippen LogP) is 1.87. The molecule has 20 heavy (non-hydrogen) atoms. The van der Waals surface area contributed by atoms with E-state index in [9.17, 15) is 4.79 Å². The van der Waals surface area contributed by atoms with Gasteiger partial charge in [0.05, 0.1) is 12.1 Å². The SMILES string of the molecule is Cc1cc2c(N3CCCCC3CC(=O)O)nccn2n1. The van der Waals surface area contributed by atoms with Crippen LogP contribution in [0.5, 0.6) is 0 Å². The Bertz CT molecular complexity index is 637. The lowest BCUT2D eigenvalue weighted by molar-refractivity contribution is -0.137. The molecule has 1 N–H and O–H groups in total. The van der Waals surface area contributed by atoms with E-state index in [0.717, 1.165) is 42.8 Å². The van der Waals surface area contributed by atoms with Crippen LogP contribution in [0.3, 0.4) is 0 Å². The van der Waals surface area contributed by atoms with E-state index < -0.39 is 5.97 Å². The Morgan fingerprint density at radius 3 is 3.15 bits per heavy atom. The number of aryl methyl sites for hydroxylation is 1. The van der Waals surface area contributed by atoms with Crippen LogP contribution in [0.25, 0.3) is 5.52 Å². The number of hydrogen-bond acceptors (Lipinski definition) is 4. The van der Waals surface area contributed by atoms with Crippen LogP contribution in [0.15, 0.2) is 18.5 Å². The highest BCUT2D eigenvalue weighted by atomic mass is 16.4. The fourth-order valence-corrected chi connectivity index (χ4v) is 2.94. The molecule has 3 rings (SSSR count). The lowest BCUT2D eigenvalue weighted by Gasteiger charge is -2.36. The van der Waals surface area contributed by atoms with Gasteiger partial charge in [0.1, 0.15) is 5.52 Å². The zero-order valence-corrected chi connectivity index (χ0v) is 11.5. The van der Waals surface area contributed by atoms with Gasteiger partial charge in [-0.15, -0.1) is 0 Å². The third-order valence-electron chi connectivity index (χ3n) is 3.80. The lowest BCUT2D eigenvalue weighted by Crippen LogP contribution is -2.41. The molecule has 1 fully saturated rings. The molecule has 0 amide bonds. The Hall–Kier alpha value is -2.11. The molecule has 0 saturated carbocycles. The van der Waals surface area contributed by atoms with Crippen LogP contribution in [0.2, 0.25) is 0 Å². The molecule has 106 valence electrons. The van der Waals surface area contributed by atoms with Crippen molar-refractivity contribution in [1.82, 2.24) is 14.6 Å². The lowest BCUT2D eigenvalue weighted by atomic mass is 9.99. The van der Waals surface area contributed by atoms with Crippen molar-refractivity contribution in [2.75, 3.05) is 11.4 Å². The second kappa shape index (κ2) is 5.11. The summed E-state index contributed by atoms with van der Waals surface area (Å²) in [7, 11) is 0. The summed E-state index contributed by atoms with van der Waals surface area (Å²) < 4.78 is 1.81. The van der Waals surface area contributed by atoms with Crippen LogP contribution >= 0.6 is 0 Å². The Labute approximate surface area is 117 Å². The van der Waals surface area contributed by atoms with Crippen LogP contribution in [0, 0.1) is 6.92 Å². The summed E-state index contributed by atoms with van der Waals surface area (Å²) in [5.41, 5.74) is 1.88. The number of anilines is 1. The van der Waals surface area contributed by atoms with Crippen LogP contribution in [0.1, 0.15) is 31.4 Å². The first-order chi connectivity index (χ1) is 9.65. The Morgan fingerprint density at radius 2 is 2.35 bits per heavy atom. The van der Waals surface area contributed by atoms with Gasteiger partial charge in [-0.3, -0.25) is 4.79 Å². The van der Waals surface area contributed by atoms with Crippen molar-refractivity contribution in [3.05, 3.63) is 24.2 Å². The van der Waals surface area contributed by atoms with Gasteiger partial charge in [-0.1, -0.05) is 0 Å². The van der Waals surface area contributed by atoms with Gasteiger partial charge in [0.15, 0.2) is 5.82 Å². The van der Waals surface area contributed by atoms with Crippen molar-refractivity contribution in [3.63, 3.8) is 0 Å². The van der Waals surface area contributed by atoms with Gasteiger partial charge in [-0.05, 0) is 32.3 Å². The highest BCUT2D eigenvalue weighted by molar-refractivity contribution is 5.72. The van der Waals surface area contributed by atoms with Crippen molar-refractivity contribution >= 4 is 17.3 Å². The molecule has 1 aliphatic rings. The second-order valence-corrected chi connectivity index (χ2v) is 5.31. The average molecular weight is 274 g/mol. The molecular formula is C14H18N4O2. The number of carbonyl (C=O) groups is 1. The van der Waals surface area contributed by atoms with E-state index >= 15 is 0 Å². The summed E-state index contributed by atoms with van der Waals surface area (Å²) in [4.78, 5) is 17.7. The quantitative estimate of drug-likeness (QED) is 0.925. The van der Waals surface area contributed by atoms with Gasteiger partial charge in [0, 0.05) is 25.0 Å². The molecule has 1 aliphatic heterocycles. The van der Waals surface area contributed by atoms with Crippen LogP contribution < -0.4 is 4.90 Å². The maximum Gasteiger partial charge on any atom is 0.305 e. The minimum Gasteiger partial charge on any atom is -0.481 e.